The lowest BCUT2D eigenvalue weighted by Crippen LogP contribution is -2.37. The van der Waals surface area contributed by atoms with Crippen molar-refractivity contribution in [2.45, 2.75) is 44.1 Å². The molecule has 2 rings (SSSR count). The van der Waals surface area contributed by atoms with Crippen LogP contribution in [0.3, 0.4) is 0 Å². The van der Waals surface area contributed by atoms with Gasteiger partial charge in [0.1, 0.15) is 0 Å². The Balaban J connectivity index is 2.07. The van der Waals surface area contributed by atoms with Gasteiger partial charge in [-0.3, -0.25) is 4.21 Å². The molecule has 2 N–H and O–H groups in total. The highest BCUT2D eigenvalue weighted by molar-refractivity contribution is 7.85. The smallest absolute Gasteiger partial charge is 0.0691 e. The summed E-state index contributed by atoms with van der Waals surface area (Å²) in [6, 6.07) is 9.79. The van der Waals surface area contributed by atoms with Crippen molar-refractivity contribution in [1.29, 1.82) is 0 Å². The fourth-order valence-electron chi connectivity index (χ4n) is 2.82. The van der Waals surface area contributed by atoms with E-state index in [1.165, 1.54) is 0 Å². The molecule has 4 atom stereocenters. The Bertz CT molecular complexity index is 429. The molecular formula is C16H25NO2S. The van der Waals surface area contributed by atoms with Gasteiger partial charge < -0.3 is 10.5 Å². The van der Waals surface area contributed by atoms with E-state index in [2.05, 4.69) is 13.8 Å². The molecule has 4 unspecified atom stereocenters. The fraction of sp³-hybridized carbons (Fsp3) is 0.625. The zero-order valence-corrected chi connectivity index (χ0v) is 13.1. The minimum Gasteiger partial charge on any atom is -0.377 e. The van der Waals surface area contributed by atoms with Gasteiger partial charge in [0.15, 0.2) is 0 Å². The number of ether oxygens (including phenoxy) is 1. The summed E-state index contributed by atoms with van der Waals surface area (Å²) in [7, 11) is -0.958. The molecule has 0 amide bonds. The minimum absolute atomic E-state index is 0.0263. The first-order valence-electron chi connectivity index (χ1n) is 7.39. The third kappa shape index (κ3) is 3.90. The fourth-order valence-corrected chi connectivity index (χ4v) is 4.76. The second kappa shape index (κ2) is 7.34. The van der Waals surface area contributed by atoms with Gasteiger partial charge in [0, 0.05) is 23.4 Å². The van der Waals surface area contributed by atoms with E-state index in [1.807, 2.05) is 30.3 Å². The Morgan fingerprint density at radius 3 is 2.60 bits per heavy atom. The molecule has 20 heavy (non-hydrogen) atoms. The van der Waals surface area contributed by atoms with E-state index in [0.29, 0.717) is 5.75 Å². The zero-order valence-electron chi connectivity index (χ0n) is 12.3. The monoisotopic (exact) mass is 295 g/mol. The third-order valence-corrected chi connectivity index (χ3v) is 6.02. The molecule has 3 nitrogen and oxygen atoms in total. The van der Waals surface area contributed by atoms with E-state index in [0.717, 1.165) is 25.0 Å². The van der Waals surface area contributed by atoms with Crippen LogP contribution in [0.1, 0.15) is 38.3 Å². The molecule has 1 heterocycles. The van der Waals surface area contributed by atoms with Crippen LogP contribution >= 0.6 is 0 Å². The van der Waals surface area contributed by atoms with Crippen LogP contribution in [0, 0.1) is 5.92 Å². The molecule has 0 aliphatic carbocycles. The molecular weight excluding hydrogens is 270 g/mol. The van der Waals surface area contributed by atoms with Crippen molar-refractivity contribution in [3.05, 3.63) is 35.9 Å². The van der Waals surface area contributed by atoms with Gasteiger partial charge in [-0.25, -0.2) is 0 Å². The summed E-state index contributed by atoms with van der Waals surface area (Å²) in [5, 5.41) is -0.0263. The largest absolute Gasteiger partial charge is 0.377 e. The maximum atomic E-state index is 12.7. The summed E-state index contributed by atoms with van der Waals surface area (Å²) in [5.74, 6) is 0.899. The lowest BCUT2D eigenvalue weighted by atomic mass is 9.97. The Morgan fingerprint density at radius 1 is 1.35 bits per heavy atom. The average molecular weight is 295 g/mol. The summed E-state index contributed by atoms with van der Waals surface area (Å²) >= 11 is 0. The SMILES string of the molecule is CC(C)C(C(N)c1ccccc1)S(=O)CC1CCCO1. The summed E-state index contributed by atoms with van der Waals surface area (Å²) in [6.07, 6.45) is 2.26. The third-order valence-electron chi connectivity index (χ3n) is 3.87. The lowest BCUT2D eigenvalue weighted by molar-refractivity contribution is 0.128. The van der Waals surface area contributed by atoms with Gasteiger partial charge in [0.05, 0.1) is 17.1 Å². The van der Waals surface area contributed by atoms with Crippen LogP contribution in [0.5, 0.6) is 0 Å². The highest BCUT2D eigenvalue weighted by Crippen LogP contribution is 2.26. The van der Waals surface area contributed by atoms with E-state index < -0.39 is 10.8 Å². The Labute approximate surface area is 124 Å². The standard InChI is InChI=1S/C16H25NO2S/c1-12(2)16(15(17)13-7-4-3-5-8-13)20(18)11-14-9-6-10-19-14/h3-5,7-8,12,14-16H,6,9-11,17H2,1-2H3. The molecule has 1 aliphatic rings. The van der Waals surface area contributed by atoms with Crippen molar-refractivity contribution >= 4 is 10.8 Å². The van der Waals surface area contributed by atoms with Gasteiger partial charge >= 0.3 is 0 Å². The number of benzene rings is 1. The predicted octanol–water partition coefficient (Wildman–Crippen LogP) is 2.64. The van der Waals surface area contributed by atoms with Gasteiger partial charge in [-0.15, -0.1) is 0 Å². The van der Waals surface area contributed by atoms with Crippen molar-refractivity contribution in [1.82, 2.24) is 0 Å². The first-order chi connectivity index (χ1) is 9.59. The summed E-state index contributed by atoms with van der Waals surface area (Å²) < 4.78 is 18.3. The Morgan fingerprint density at radius 2 is 2.05 bits per heavy atom. The summed E-state index contributed by atoms with van der Waals surface area (Å²) in [6.45, 7) is 5.00. The van der Waals surface area contributed by atoms with E-state index in [-0.39, 0.29) is 23.3 Å². The van der Waals surface area contributed by atoms with Crippen molar-refractivity contribution in [2.24, 2.45) is 11.7 Å². The molecule has 0 aromatic heterocycles. The van der Waals surface area contributed by atoms with Gasteiger partial charge in [-0.2, -0.15) is 0 Å². The van der Waals surface area contributed by atoms with Crippen LogP contribution in [0.2, 0.25) is 0 Å². The van der Waals surface area contributed by atoms with Crippen molar-refractivity contribution in [3.63, 3.8) is 0 Å². The molecule has 1 fully saturated rings. The van der Waals surface area contributed by atoms with Crippen LogP contribution in [0.4, 0.5) is 0 Å². The molecule has 1 aromatic rings. The normalized spacial score (nSPS) is 23.7. The van der Waals surface area contributed by atoms with Crippen LogP contribution in [-0.4, -0.2) is 27.9 Å². The molecule has 0 saturated carbocycles. The van der Waals surface area contributed by atoms with Crippen LogP contribution in [0.25, 0.3) is 0 Å². The summed E-state index contributed by atoms with van der Waals surface area (Å²) in [4.78, 5) is 0. The number of hydrogen-bond donors (Lipinski definition) is 1. The van der Waals surface area contributed by atoms with Crippen molar-refractivity contribution < 1.29 is 8.95 Å². The lowest BCUT2D eigenvalue weighted by Gasteiger charge is -2.28. The molecule has 112 valence electrons. The van der Waals surface area contributed by atoms with Crippen LogP contribution < -0.4 is 5.73 Å². The van der Waals surface area contributed by atoms with Crippen LogP contribution in [0.15, 0.2) is 30.3 Å². The topological polar surface area (TPSA) is 52.3 Å². The van der Waals surface area contributed by atoms with Gasteiger partial charge in [0.25, 0.3) is 0 Å². The predicted molar refractivity (Wildman–Crippen MR) is 84.0 cm³/mol. The summed E-state index contributed by atoms with van der Waals surface area (Å²) in [5.41, 5.74) is 7.44. The van der Waals surface area contributed by atoms with Gasteiger partial charge in [-0.1, -0.05) is 44.2 Å². The maximum Gasteiger partial charge on any atom is 0.0691 e. The Hall–Kier alpha value is -0.710. The van der Waals surface area contributed by atoms with E-state index in [9.17, 15) is 4.21 Å². The maximum absolute atomic E-state index is 12.7. The van der Waals surface area contributed by atoms with Crippen molar-refractivity contribution in [2.75, 3.05) is 12.4 Å². The molecule has 0 radical (unpaired) electrons. The minimum atomic E-state index is -0.958. The average Bonchev–Trinajstić information content (AvgIpc) is 2.92. The van der Waals surface area contributed by atoms with E-state index in [1.54, 1.807) is 0 Å². The van der Waals surface area contributed by atoms with Crippen molar-refractivity contribution in [3.8, 4) is 0 Å². The highest BCUT2D eigenvalue weighted by Gasteiger charge is 2.31. The molecule has 1 aromatic carbocycles. The number of rotatable bonds is 6. The van der Waals surface area contributed by atoms with Gasteiger partial charge in [0.2, 0.25) is 0 Å². The van der Waals surface area contributed by atoms with E-state index in [4.69, 9.17) is 10.5 Å². The highest BCUT2D eigenvalue weighted by atomic mass is 32.2. The molecule has 0 bridgehead atoms. The van der Waals surface area contributed by atoms with E-state index >= 15 is 0 Å². The number of nitrogens with two attached hydrogens (primary N) is 1. The first-order valence-corrected chi connectivity index (χ1v) is 8.77. The Kier molecular flexibility index (Phi) is 5.75. The number of hydrogen-bond acceptors (Lipinski definition) is 3. The van der Waals surface area contributed by atoms with Gasteiger partial charge in [-0.05, 0) is 24.3 Å². The molecule has 0 spiro atoms. The second-order valence-electron chi connectivity index (χ2n) is 5.83. The van der Waals surface area contributed by atoms with Crippen LogP contribution in [-0.2, 0) is 15.5 Å². The quantitative estimate of drug-likeness (QED) is 0.878. The zero-order chi connectivity index (χ0) is 14.5. The molecule has 1 aliphatic heterocycles. The first kappa shape index (κ1) is 15.7. The molecule has 4 heteroatoms. The second-order valence-corrected chi connectivity index (χ2v) is 7.47. The molecule has 1 saturated heterocycles.